The number of carbonyl (C=O) groups excluding carboxylic acids is 2. The monoisotopic (exact) mass is 354 g/mol. The summed E-state index contributed by atoms with van der Waals surface area (Å²) in [5, 5.41) is 2.79. The highest BCUT2D eigenvalue weighted by Gasteiger charge is 2.39. The van der Waals surface area contributed by atoms with Gasteiger partial charge in [-0.2, -0.15) is 0 Å². The summed E-state index contributed by atoms with van der Waals surface area (Å²) in [4.78, 5) is 32.7. The van der Waals surface area contributed by atoms with Gasteiger partial charge in [-0.3, -0.25) is 24.4 Å². The lowest BCUT2D eigenvalue weighted by atomic mass is 10.0. The number of nitrogens with one attached hydrogen (secondary N) is 1. The van der Waals surface area contributed by atoms with Gasteiger partial charge in [-0.05, 0) is 32.0 Å². The average Bonchev–Trinajstić information content (AvgIpc) is 2.57. The molecular formula is C16H26N4O3S. The number of thiocarbonyl (C=S) groups is 1. The molecule has 2 atom stereocenters. The Morgan fingerprint density at radius 2 is 2.12 bits per heavy atom. The van der Waals surface area contributed by atoms with Gasteiger partial charge in [-0.1, -0.05) is 6.92 Å². The maximum Gasteiger partial charge on any atom is 0.247 e. The van der Waals surface area contributed by atoms with E-state index in [4.69, 9.17) is 17.0 Å². The molecule has 0 aromatic carbocycles. The number of morpholine rings is 1. The number of hydrogen-bond donors (Lipinski definition) is 1. The van der Waals surface area contributed by atoms with Crippen LogP contribution in [0.5, 0.6) is 0 Å². The van der Waals surface area contributed by atoms with E-state index in [1.807, 2.05) is 13.8 Å². The van der Waals surface area contributed by atoms with Crippen LogP contribution in [-0.4, -0.2) is 78.4 Å². The maximum atomic E-state index is 12.5. The number of carbonyl (C=O) groups is 2. The standard InChI is InChI=1S/C16H26N4O3S/c1-3-12(2)20-15(22)13(14(21)18-16(20)24)11-17-5-4-6-19-7-9-23-10-8-19/h11-13H,3-10H2,1-2H3,(H,18,21,24)/t12-,13+/m1/s1. The number of ether oxygens (including phenoxy) is 1. The first-order valence-electron chi connectivity index (χ1n) is 8.52. The fraction of sp³-hybridized carbons (Fsp3) is 0.750. The molecule has 2 aliphatic rings. The number of nitrogens with zero attached hydrogens (tertiary/aromatic N) is 3. The van der Waals surface area contributed by atoms with Gasteiger partial charge in [0.2, 0.25) is 11.8 Å². The van der Waals surface area contributed by atoms with Crippen LogP contribution in [0.2, 0.25) is 0 Å². The van der Waals surface area contributed by atoms with E-state index in [2.05, 4.69) is 15.2 Å². The molecule has 24 heavy (non-hydrogen) atoms. The summed E-state index contributed by atoms with van der Waals surface area (Å²) in [5.74, 6) is -1.55. The Morgan fingerprint density at radius 3 is 2.79 bits per heavy atom. The first-order valence-corrected chi connectivity index (χ1v) is 8.93. The normalized spacial score (nSPS) is 24.5. The average molecular weight is 354 g/mol. The van der Waals surface area contributed by atoms with E-state index < -0.39 is 5.92 Å². The maximum absolute atomic E-state index is 12.5. The molecule has 2 saturated heterocycles. The molecule has 2 rings (SSSR count). The second kappa shape index (κ2) is 9.19. The zero-order valence-corrected chi connectivity index (χ0v) is 15.2. The quantitative estimate of drug-likeness (QED) is 0.311. The van der Waals surface area contributed by atoms with E-state index in [1.165, 1.54) is 11.1 Å². The molecule has 2 amide bonds. The Balaban J connectivity index is 1.84. The summed E-state index contributed by atoms with van der Waals surface area (Å²) < 4.78 is 5.31. The fourth-order valence-electron chi connectivity index (χ4n) is 2.73. The first kappa shape index (κ1) is 19.0. The minimum Gasteiger partial charge on any atom is -0.379 e. The van der Waals surface area contributed by atoms with E-state index in [-0.39, 0.29) is 23.0 Å². The summed E-state index contributed by atoms with van der Waals surface area (Å²) in [6.07, 6.45) is 3.13. The zero-order chi connectivity index (χ0) is 17.5. The molecule has 0 unspecified atom stereocenters. The van der Waals surface area contributed by atoms with Crippen LogP contribution in [0, 0.1) is 5.92 Å². The number of hydrogen-bond acceptors (Lipinski definition) is 6. The van der Waals surface area contributed by atoms with Crippen molar-refractivity contribution in [3.8, 4) is 0 Å². The predicted molar refractivity (Wildman–Crippen MR) is 96.1 cm³/mol. The van der Waals surface area contributed by atoms with Crippen molar-refractivity contribution < 1.29 is 14.3 Å². The molecule has 0 saturated carbocycles. The number of aliphatic imine (C=N–C) groups is 1. The molecule has 2 heterocycles. The lowest BCUT2D eigenvalue weighted by molar-refractivity contribution is -0.139. The predicted octanol–water partition coefficient (Wildman–Crippen LogP) is 0.438. The van der Waals surface area contributed by atoms with Crippen LogP contribution >= 0.6 is 12.2 Å². The third-order valence-corrected chi connectivity index (χ3v) is 4.68. The highest BCUT2D eigenvalue weighted by atomic mass is 32.1. The third kappa shape index (κ3) is 4.81. The Hall–Kier alpha value is -1.38. The topological polar surface area (TPSA) is 74.2 Å². The summed E-state index contributed by atoms with van der Waals surface area (Å²) in [6, 6.07) is -0.0391. The van der Waals surface area contributed by atoms with Crippen LogP contribution in [0.15, 0.2) is 4.99 Å². The Bertz CT molecular complexity index is 506. The summed E-state index contributed by atoms with van der Waals surface area (Å²) in [6.45, 7) is 8.92. The van der Waals surface area contributed by atoms with E-state index >= 15 is 0 Å². The molecule has 134 valence electrons. The van der Waals surface area contributed by atoms with Crippen molar-refractivity contribution in [1.82, 2.24) is 15.1 Å². The molecule has 2 aliphatic heterocycles. The molecule has 1 N–H and O–H groups in total. The van der Waals surface area contributed by atoms with Crippen LogP contribution in [0.4, 0.5) is 0 Å². The highest BCUT2D eigenvalue weighted by Crippen LogP contribution is 2.14. The van der Waals surface area contributed by atoms with Crippen LogP contribution in [0.1, 0.15) is 26.7 Å². The Morgan fingerprint density at radius 1 is 1.42 bits per heavy atom. The van der Waals surface area contributed by atoms with E-state index in [0.717, 1.165) is 45.7 Å². The minimum absolute atomic E-state index is 0.0391. The SMILES string of the molecule is CC[C@@H](C)N1C(=O)[C@@H](C=NCCCN2CCOCC2)C(=O)NC1=S. The van der Waals surface area contributed by atoms with Crippen LogP contribution in [-0.2, 0) is 14.3 Å². The molecule has 0 aromatic heterocycles. The molecular weight excluding hydrogens is 328 g/mol. The lowest BCUT2D eigenvalue weighted by Crippen LogP contribution is -2.60. The van der Waals surface area contributed by atoms with Crippen molar-refractivity contribution in [2.24, 2.45) is 10.9 Å². The smallest absolute Gasteiger partial charge is 0.247 e. The van der Waals surface area contributed by atoms with E-state index in [0.29, 0.717) is 6.54 Å². The van der Waals surface area contributed by atoms with Gasteiger partial charge in [0.25, 0.3) is 0 Å². The van der Waals surface area contributed by atoms with Crippen LogP contribution < -0.4 is 5.32 Å². The van der Waals surface area contributed by atoms with Gasteiger partial charge in [0.1, 0.15) is 0 Å². The van der Waals surface area contributed by atoms with Crippen molar-refractivity contribution in [3.05, 3.63) is 0 Å². The molecule has 0 radical (unpaired) electrons. The Kier molecular flexibility index (Phi) is 7.26. The largest absolute Gasteiger partial charge is 0.379 e. The summed E-state index contributed by atoms with van der Waals surface area (Å²) in [5.41, 5.74) is 0. The lowest BCUT2D eigenvalue weighted by Gasteiger charge is -2.34. The highest BCUT2D eigenvalue weighted by molar-refractivity contribution is 7.80. The van der Waals surface area contributed by atoms with Crippen molar-refractivity contribution in [2.45, 2.75) is 32.7 Å². The molecule has 8 heteroatoms. The number of rotatable bonds is 7. The van der Waals surface area contributed by atoms with Crippen molar-refractivity contribution in [1.29, 1.82) is 0 Å². The van der Waals surface area contributed by atoms with E-state index in [1.54, 1.807) is 0 Å². The van der Waals surface area contributed by atoms with Gasteiger partial charge in [-0.25, -0.2) is 0 Å². The van der Waals surface area contributed by atoms with Crippen LogP contribution in [0.25, 0.3) is 0 Å². The van der Waals surface area contributed by atoms with Crippen molar-refractivity contribution >= 4 is 35.4 Å². The Labute approximate surface area is 148 Å². The molecule has 0 bridgehead atoms. The van der Waals surface area contributed by atoms with Gasteiger partial charge >= 0.3 is 0 Å². The van der Waals surface area contributed by atoms with Gasteiger partial charge < -0.3 is 10.1 Å². The second-order valence-electron chi connectivity index (χ2n) is 6.10. The number of amides is 2. The zero-order valence-electron chi connectivity index (χ0n) is 14.4. The van der Waals surface area contributed by atoms with Gasteiger partial charge in [0.05, 0.1) is 13.2 Å². The molecule has 2 fully saturated rings. The molecule has 7 nitrogen and oxygen atoms in total. The van der Waals surface area contributed by atoms with E-state index in [9.17, 15) is 9.59 Å². The molecule has 0 aromatic rings. The summed E-state index contributed by atoms with van der Waals surface area (Å²) in [7, 11) is 0. The van der Waals surface area contributed by atoms with Gasteiger partial charge in [-0.15, -0.1) is 0 Å². The van der Waals surface area contributed by atoms with Crippen LogP contribution in [0.3, 0.4) is 0 Å². The van der Waals surface area contributed by atoms with Gasteiger partial charge in [0, 0.05) is 38.4 Å². The first-order chi connectivity index (χ1) is 11.5. The summed E-state index contributed by atoms with van der Waals surface area (Å²) >= 11 is 5.12. The van der Waals surface area contributed by atoms with Gasteiger partial charge in [0.15, 0.2) is 11.0 Å². The third-order valence-electron chi connectivity index (χ3n) is 4.39. The second-order valence-corrected chi connectivity index (χ2v) is 6.49. The van der Waals surface area contributed by atoms with Crippen molar-refractivity contribution in [3.63, 3.8) is 0 Å². The molecule has 0 spiro atoms. The van der Waals surface area contributed by atoms with Crippen molar-refractivity contribution in [2.75, 3.05) is 39.4 Å². The minimum atomic E-state index is -0.880. The fourth-order valence-corrected chi connectivity index (χ4v) is 3.10. The molecule has 0 aliphatic carbocycles.